The van der Waals surface area contributed by atoms with Crippen molar-refractivity contribution in [2.24, 2.45) is 0 Å². The van der Waals surface area contributed by atoms with Gasteiger partial charge in [-0.3, -0.25) is 0 Å². The van der Waals surface area contributed by atoms with Crippen LogP contribution >= 0.6 is 0 Å². The maximum Gasteiger partial charge on any atom is 0.260 e. The van der Waals surface area contributed by atoms with Crippen LogP contribution in [0.5, 0.6) is 0 Å². The molecule has 1 atom stereocenters. The molecule has 1 aliphatic heterocycles. The monoisotopic (exact) mass is 258 g/mol. The summed E-state index contributed by atoms with van der Waals surface area (Å²) in [5.74, 6) is 0.701. The number of nitrogens with one attached hydrogen (secondary N) is 2. The van der Waals surface area contributed by atoms with Gasteiger partial charge in [0.05, 0.1) is 6.20 Å². The quantitative estimate of drug-likeness (QED) is 0.797. The van der Waals surface area contributed by atoms with Crippen LogP contribution in [-0.4, -0.2) is 48.4 Å². The third-order valence-electron chi connectivity index (χ3n) is 2.89. The standard InChI is InChI=1S/C10H18N4O2S/c1-3-9-12-6-10(13-9)17(15,16)14-5-4-11-8(2)7-14/h6,8,11H,3-5,7H2,1-2H3,(H,12,13). The predicted molar refractivity (Wildman–Crippen MR) is 64.2 cm³/mol. The number of hydrogen-bond donors (Lipinski definition) is 2. The molecule has 0 spiro atoms. The summed E-state index contributed by atoms with van der Waals surface area (Å²) in [5, 5.41) is 3.42. The van der Waals surface area contributed by atoms with Crippen molar-refractivity contribution in [3.8, 4) is 0 Å². The van der Waals surface area contributed by atoms with Crippen LogP contribution in [0.15, 0.2) is 11.2 Å². The number of piperazine rings is 1. The minimum Gasteiger partial charge on any atom is -0.332 e. The molecule has 0 aromatic carbocycles. The number of imidazole rings is 1. The molecule has 7 heteroatoms. The Balaban J connectivity index is 2.23. The smallest absolute Gasteiger partial charge is 0.260 e. The topological polar surface area (TPSA) is 78.1 Å². The highest BCUT2D eigenvalue weighted by molar-refractivity contribution is 7.89. The van der Waals surface area contributed by atoms with Crippen molar-refractivity contribution in [3.63, 3.8) is 0 Å². The molecule has 17 heavy (non-hydrogen) atoms. The Morgan fingerprint density at radius 2 is 2.35 bits per heavy atom. The van der Waals surface area contributed by atoms with E-state index in [1.54, 1.807) is 0 Å². The molecule has 1 aromatic heterocycles. The summed E-state index contributed by atoms with van der Waals surface area (Å²) in [6.45, 7) is 5.61. The highest BCUT2D eigenvalue weighted by Crippen LogP contribution is 2.15. The molecule has 1 saturated heterocycles. The lowest BCUT2D eigenvalue weighted by molar-refractivity contribution is 0.309. The minimum atomic E-state index is -3.41. The molecule has 0 radical (unpaired) electrons. The fourth-order valence-corrected chi connectivity index (χ4v) is 3.37. The first-order valence-corrected chi connectivity index (χ1v) is 7.25. The molecule has 1 aliphatic rings. The summed E-state index contributed by atoms with van der Waals surface area (Å²) < 4.78 is 26.1. The summed E-state index contributed by atoms with van der Waals surface area (Å²) in [5.41, 5.74) is 0. The highest BCUT2D eigenvalue weighted by Gasteiger charge is 2.29. The highest BCUT2D eigenvalue weighted by atomic mass is 32.2. The van der Waals surface area contributed by atoms with Crippen molar-refractivity contribution < 1.29 is 8.42 Å². The van der Waals surface area contributed by atoms with Gasteiger partial charge in [0, 0.05) is 32.1 Å². The largest absolute Gasteiger partial charge is 0.332 e. The second kappa shape index (κ2) is 4.75. The normalized spacial score (nSPS) is 22.8. The number of rotatable bonds is 3. The van der Waals surface area contributed by atoms with Crippen LogP contribution in [0, 0.1) is 0 Å². The van der Waals surface area contributed by atoms with E-state index in [0.29, 0.717) is 31.9 Å². The van der Waals surface area contributed by atoms with Gasteiger partial charge in [-0.2, -0.15) is 4.31 Å². The van der Waals surface area contributed by atoms with E-state index in [2.05, 4.69) is 15.3 Å². The second-order valence-electron chi connectivity index (χ2n) is 4.27. The van der Waals surface area contributed by atoms with Crippen LogP contribution < -0.4 is 5.32 Å². The Morgan fingerprint density at radius 3 is 2.94 bits per heavy atom. The van der Waals surface area contributed by atoms with E-state index in [9.17, 15) is 8.42 Å². The molecule has 2 rings (SSSR count). The molecule has 0 amide bonds. The van der Waals surface area contributed by atoms with Gasteiger partial charge in [0.2, 0.25) is 0 Å². The minimum absolute atomic E-state index is 0.187. The first-order chi connectivity index (χ1) is 8.04. The van der Waals surface area contributed by atoms with Crippen molar-refractivity contribution in [1.82, 2.24) is 19.6 Å². The molecule has 0 aliphatic carbocycles. The van der Waals surface area contributed by atoms with E-state index < -0.39 is 10.0 Å². The summed E-state index contributed by atoms with van der Waals surface area (Å²) in [4.78, 5) is 6.89. The van der Waals surface area contributed by atoms with Crippen molar-refractivity contribution in [3.05, 3.63) is 12.0 Å². The number of aromatic nitrogens is 2. The lowest BCUT2D eigenvalue weighted by atomic mass is 10.3. The molecule has 1 unspecified atom stereocenters. The third kappa shape index (κ3) is 2.51. The Morgan fingerprint density at radius 1 is 1.59 bits per heavy atom. The molecule has 6 nitrogen and oxygen atoms in total. The average molecular weight is 258 g/mol. The number of sulfonamides is 1. The first kappa shape index (κ1) is 12.5. The van der Waals surface area contributed by atoms with Gasteiger partial charge in [-0.05, 0) is 6.92 Å². The van der Waals surface area contributed by atoms with E-state index in [-0.39, 0.29) is 11.1 Å². The Hall–Kier alpha value is -0.920. The van der Waals surface area contributed by atoms with E-state index in [4.69, 9.17) is 0 Å². The fraction of sp³-hybridized carbons (Fsp3) is 0.700. The van der Waals surface area contributed by atoms with Crippen LogP contribution in [0.4, 0.5) is 0 Å². The first-order valence-electron chi connectivity index (χ1n) is 5.81. The van der Waals surface area contributed by atoms with Crippen molar-refractivity contribution in [1.29, 1.82) is 0 Å². The Bertz CT molecular complexity index is 482. The molecule has 0 saturated carbocycles. The molecule has 96 valence electrons. The maximum atomic E-state index is 12.3. The number of H-pyrrole nitrogens is 1. The molecule has 2 heterocycles. The van der Waals surface area contributed by atoms with E-state index in [1.807, 2.05) is 13.8 Å². The second-order valence-corrected chi connectivity index (χ2v) is 6.17. The molecule has 2 N–H and O–H groups in total. The zero-order valence-electron chi connectivity index (χ0n) is 10.1. The van der Waals surface area contributed by atoms with Crippen molar-refractivity contribution >= 4 is 10.0 Å². The van der Waals surface area contributed by atoms with Gasteiger partial charge < -0.3 is 10.3 Å². The molecule has 1 aromatic rings. The lowest BCUT2D eigenvalue weighted by Gasteiger charge is -2.30. The van der Waals surface area contributed by atoms with Crippen LogP contribution in [0.1, 0.15) is 19.7 Å². The summed E-state index contributed by atoms with van der Waals surface area (Å²) >= 11 is 0. The van der Waals surface area contributed by atoms with E-state index in [1.165, 1.54) is 10.5 Å². The van der Waals surface area contributed by atoms with E-state index >= 15 is 0 Å². The van der Waals surface area contributed by atoms with Gasteiger partial charge in [0.15, 0.2) is 5.03 Å². The van der Waals surface area contributed by atoms with Gasteiger partial charge in [-0.25, -0.2) is 13.4 Å². The van der Waals surface area contributed by atoms with Crippen LogP contribution in [-0.2, 0) is 16.4 Å². The van der Waals surface area contributed by atoms with Crippen LogP contribution in [0.3, 0.4) is 0 Å². The van der Waals surface area contributed by atoms with E-state index in [0.717, 1.165) is 0 Å². The fourth-order valence-electron chi connectivity index (χ4n) is 1.91. The number of nitrogens with zero attached hydrogens (tertiary/aromatic N) is 2. The van der Waals surface area contributed by atoms with Crippen LogP contribution in [0.25, 0.3) is 0 Å². The Kier molecular flexibility index (Phi) is 3.50. The van der Waals surface area contributed by atoms with Gasteiger partial charge in [0.1, 0.15) is 5.82 Å². The van der Waals surface area contributed by atoms with Crippen LogP contribution in [0.2, 0.25) is 0 Å². The lowest BCUT2D eigenvalue weighted by Crippen LogP contribution is -2.51. The molecule has 1 fully saturated rings. The van der Waals surface area contributed by atoms with Gasteiger partial charge in [-0.1, -0.05) is 6.92 Å². The summed E-state index contributed by atoms with van der Waals surface area (Å²) in [7, 11) is -3.41. The average Bonchev–Trinajstić information content (AvgIpc) is 2.78. The van der Waals surface area contributed by atoms with Crippen molar-refractivity contribution in [2.45, 2.75) is 31.3 Å². The molecular formula is C10H18N4O2S. The summed E-state index contributed by atoms with van der Waals surface area (Å²) in [6, 6.07) is 0.187. The third-order valence-corrected chi connectivity index (χ3v) is 4.66. The zero-order valence-corrected chi connectivity index (χ0v) is 10.9. The number of hydrogen-bond acceptors (Lipinski definition) is 4. The Labute approximate surface area is 101 Å². The predicted octanol–water partition coefficient (Wildman–Crippen LogP) is -0.0455. The van der Waals surface area contributed by atoms with Gasteiger partial charge in [-0.15, -0.1) is 0 Å². The SMILES string of the molecule is CCc1ncc(S(=O)(=O)N2CCNC(C)C2)[nH]1. The molecule has 0 bridgehead atoms. The van der Waals surface area contributed by atoms with Gasteiger partial charge in [0.25, 0.3) is 10.0 Å². The number of aryl methyl sites for hydroxylation is 1. The number of aromatic amines is 1. The summed E-state index contributed by atoms with van der Waals surface area (Å²) in [6.07, 6.45) is 2.11. The van der Waals surface area contributed by atoms with Crippen molar-refractivity contribution in [2.75, 3.05) is 19.6 Å². The zero-order chi connectivity index (χ0) is 12.5. The van der Waals surface area contributed by atoms with Gasteiger partial charge >= 0.3 is 0 Å². The molecular weight excluding hydrogens is 240 g/mol. The maximum absolute atomic E-state index is 12.3.